The van der Waals surface area contributed by atoms with Crippen molar-refractivity contribution in [2.75, 3.05) is 0 Å². The van der Waals surface area contributed by atoms with Crippen LogP contribution in [0.25, 0.3) is 11.0 Å². The van der Waals surface area contributed by atoms with E-state index in [9.17, 15) is 10.1 Å². The number of fused-ring (bicyclic) bond motifs is 1. The van der Waals surface area contributed by atoms with Crippen LogP contribution in [0.3, 0.4) is 0 Å². The van der Waals surface area contributed by atoms with Gasteiger partial charge in [0.05, 0.1) is 0 Å². The highest BCUT2D eigenvalue weighted by Gasteiger charge is 2.13. The van der Waals surface area contributed by atoms with Gasteiger partial charge in [0.25, 0.3) is 0 Å². The number of hydrogen-bond acceptors (Lipinski definition) is 3. The molecule has 2 rings (SSSR count). The molecule has 0 aliphatic heterocycles. The first-order chi connectivity index (χ1) is 6.58. The topological polar surface area (TPSA) is 71.8 Å². The molecule has 1 N–H and O–H groups in total. The lowest BCUT2D eigenvalue weighted by Gasteiger charge is -1.94. The zero-order valence-corrected chi connectivity index (χ0v) is 7.87. The summed E-state index contributed by atoms with van der Waals surface area (Å²) in [6.07, 6.45) is 0. The van der Waals surface area contributed by atoms with E-state index in [2.05, 4.69) is 9.97 Å². The van der Waals surface area contributed by atoms with Gasteiger partial charge < -0.3 is 10.1 Å². The van der Waals surface area contributed by atoms with E-state index in [-0.39, 0.29) is 5.95 Å². The van der Waals surface area contributed by atoms with Gasteiger partial charge in [0.15, 0.2) is 5.52 Å². The number of rotatable bonds is 1. The molecule has 2 aromatic rings. The standard InChI is InChI=1S/C9H9N3O2/c1-5-3-7-8(4-6(5)2)11-9(10-7)12(13)14/h3-4H,1-2H3,(H,10,11). The fraction of sp³-hybridized carbons (Fsp3) is 0.222. The van der Waals surface area contributed by atoms with Crippen LogP contribution in [0.2, 0.25) is 0 Å². The third-order valence-electron chi connectivity index (χ3n) is 2.26. The molecule has 0 amide bonds. The van der Waals surface area contributed by atoms with Gasteiger partial charge in [0.2, 0.25) is 0 Å². The number of nitro groups is 1. The molecule has 0 saturated heterocycles. The van der Waals surface area contributed by atoms with E-state index in [1.807, 2.05) is 26.0 Å². The van der Waals surface area contributed by atoms with E-state index in [1.54, 1.807) is 0 Å². The monoisotopic (exact) mass is 191 g/mol. The number of hydrogen-bond donors (Lipinski definition) is 1. The fourth-order valence-corrected chi connectivity index (χ4v) is 1.34. The molecule has 1 aromatic carbocycles. The van der Waals surface area contributed by atoms with E-state index in [4.69, 9.17) is 0 Å². The number of imidazole rings is 1. The second-order valence-corrected chi connectivity index (χ2v) is 3.27. The zero-order chi connectivity index (χ0) is 10.3. The van der Waals surface area contributed by atoms with Gasteiger partial charge in [-0.2, -0.15) is 0 Å². The molecule has 72 valence electrons. The van der Waals surface area contributed by atoms with Crippen molar-refractivity contribution < 1.29 is 4.92 Å². The van der Waals surface area contributed by atoms with Crippen molar-refractivity contribution in [2.45, 2.75) is 13.8 Å². The Hall–Kier alpha value is -1.91. The summed E-state index contributed by atoms with van der Waals surface area (Å²) in [5.41, 5.74) is 3.52. The number of nitrogens with one attached hydrogen (secondary N) is 1. The second kappa shape index (κ2) is 2.80. The predicted octanol–water partition coefficient (Wildman–Crippen LogP) is 2.09. The maximum Gasteiger partial charge on any atom is 0.433 e. The molecule has 0 fully saturated rings. The quantitative estimate of drug-likeness (QED) is 0.554. The van der Waals surface area contributed by atoms with Gasteiger partial charge in [-0.15, -0.1) is 0 Å². The predicted molar refractivity (Wildman–Crippen MR) is 52.2 cm³/mol. The molecule has 0 radical (unpaired) electrons. The molecular weight excluding hydrogens is 182 g/mol. The van der Waals surface area contributed by atoms with Crippen molar-refractivity contribution >= 4 is 17.0 Å². The van der Waals surface area contributed by atoms with Crippen molar-refractivity contribution in [3.63, 3.8) is 0 Å². The Morgan fingerprint density at radius 2 is 2.00 bits per heavy atom. The highest BCUT2D eigenvalue weighted by Crippen LogP contribution is 2.19. The maximum absolute atomic E-state index is 10.5. The highest BCUT2D eigenvalue weighted by atomic mass is 16.6. The Labute approximate surface area is 79.9 Å². The summed E-state index contributed by atoms with van der Waals surface area (Å²) in [6.45, 7) is 3.91. The van der Waals surface area contributed by atoms with Crippen LogP contribution >= 0.6 is 0 Å². The van der Waals surface area contributed by atoms with Crippen molar-refractivity contribution in [3.8, 4) is 0 Å². The van der Waals surface area contributed by atoms with Gasteiger partial charge in [0.1, 0.15) is 5.52 Å². The minimum absolute atomic E-state index is 0.204. The first-order valence-electron chi connectivity index (χ1n) is 4.19. The van der Waals surface area contributed by atoms with Crippen LogP contribution in [-0.4, -0.2) is 14.9 Å². The second-order valence-electron chi connectivity index (χ2n) is 3.27. The molecule has 0 aliphatic rings. The van der Waals surface area contributed by atoms with E-state index in [0.29, 0.717) is 11.0 Å². The summed E-state index contributed by atoms with van der Waals surface area (Å²) in [7, 11) is 0. The summed E-state index contributed by atoms with van der Waals surface area (Å²) in [4.78, 5) is 16.4. The zero-order valence-electron chi connectivity index (χ0n) is 7.87. The minimum atomic E-state index is -0.523. The summed E-state index contributed by atoms with van der Waals surface area (Å²) >= 11 is 0. The third kappa shape index (κ3) is 1.22. The normalized spacial score (nSPS) is 10.7. The molecule has 1 heterocycles. The van der Waals surface area contributed by atoms with Crippen LogP contribution in [0.1, 0.15) is 11.1 Å². The number of benzene rings is 1. The first kappa shape index (κ1) is 8.68. The van der Waals surface area contributed by atoms with Crippen LogP contribution in [0.5, 0.6) is 0 Å². The molecule has 5 nitrogen and oxygen atoms in total. The van der Waals surface area contributed by atoms with Crippen LogP contribution in [-0.2, 0) is 0 Å². The Morgan fingerprint density at radius 1 is 1.36 bits per heavy atom. The van der Waals surface area contributed by atoms with Gasteiger partial charge in [-0.3, -0.25) is 0 Å². The van der Waals surface area contributed by atoms with Crippen LogP contribution < -0.4 is 0 Å². The minimum Gasteiger partial charge on any atom is -0.390 e. The Kier molecular flexibility index (Phi) is 1.73. The molecule has 0 spiro atoms. The van der Waals surface area contributed by atoms with Crippen molar-refractivity contribution in [3.05, 3.63) is 33.4 Å². The van der Waals surface area contributed by atoms with E-state index < -0.39 is 4.92 Å². The average molecular weight is 191 g/mol. The summed E-state index contributed by atoms with van der Waals surface area (Å²) in [5.74, 6) is -0.204. The van der Waals surface area contributed by atoms with Gasteiger partial charge in [-0.1, -0.05) is 4.98 Å². The number of nitrogens with zero attached hydrogens (tertiary/aromatic N) is 2. The molecule has 0 bridgehead atoms. The third-order valence-corrected chi connectivity index (χ3v) is 2.26. The average Bonchev–Trinajstić information content (AvgIpc) is 2.48. The summed E-state index contributed by atoms with van der Waals surface area (Å²) in [6, 6.07) is 3.71. The van der Waals surface area contributed by atoms with Gasteiger partial charge >= 0.3 is 5.95 Å². The summed E-state index contributed by atoms with van der Waals surface area (Å²) < 4.78 is 0. The first-order valence-corrected chi connectivity index (χ1v) is 4.19. The van der Waals surface area contributed by atoms with Crippen LogP contribution in [0.4, 0.5) is 5.95 Å². The highest BCUT2D eigenvalue weighted by molar-refractivity contribution is 5.78. The molecule has 0 atom stereocenters. The summed E-state index contributed by atoms with van der Waals surface area (Å²) in [5, 5.41) is 10.5. The van der Waals surface area contributed by atoms with Crippen molar-refractivity contribution in [2.24, 2.45) is 0 Å². The van der Waals surface area contributed by atoms with E-state index in [0.717, 1.165) is 11.1 Å². The van der Waals surface area contributed by atoms with Gasteiger partial charge in [-0.05, 0) is 42.0 Å². The maximum atomic E-state index is 10.5. The lowest BCUT2D eigenvalue weighted by molar-refractivity contribution is -0.393. The molecule has 0 unspecified atom stereocenters. The Balaban J connectivity index is 2.72. The van der Waals surface area contributed by atoms with Crippen LogP contribution in [0, 0.1) is 24.0 Å². The molecule has 0 saturated carbocycles. The molecule has 1 aromatic heterocycles. The largest absolute Gasteiger partial charge is 0.433 e. The van der Waals surface area contributed by atoms with E-state index >= 15 is 0 Å². The number of aryl methyl sites for hydroxylation is 2. The van der Waals surface area contributed by atoms with Crippen molar-refractivity contribution in [1.29, 1.82) is 0 Å². The smallest absolute Gasteiger partial charge is 0.390 e. The lowest BCUT2D eigenvalue weighted by Crippen LogP contribution is -1.88. The van der Waals surface area contributed by atoms with E-state index in [1.165, 1.54) is 0 Å². The Morgan fingerprint density at radius 3 is 2.64 bits per heavy atom. The van der Waals surface area contributed by atoms with Gasteiger partial charge in [-0.25, -0.2) is 4.98 Å². The SMILES string of the molecule is Cc1cc2nc([N+](=O)[O-])[nH]c2cc1C. The molecule has 0 aliphatic carbocycles. The lowest BCUT2D eigenvalue weighted by atomic mass is 10.1. The number of H-pyrrole nitrogens is 1. The van der Waals surface area contributed by atoms with Crippen LogP contribution in [0.15, 0.2) is 12.1 Å². The molecule has 14 heavy (non-hydrogen) atoms. The number of aromatic nitrogens is 2. The Bertz CT molecular complexity index is 477. The fourth-order valence-electron chi connectivity index (χ4n) is 1.34. The molecular formula is C9H9N3O2. The van der Waals surface area contributed by atoms with Gasteiger partial charge in [0, 0.05) is 0 Å². The number of aromatic amines is 1. The molecule has 5 heteroatoms. The van der Waals surface area contributed by atoms with Crippen molar-refractivity contribution in [1.82, 2.24) is 9.97 Å².